The van der Waals surface area contributed by atoms with Gasteiger partial charge in [0.15, 0.2) is 0 Å². The summed E-state index contributed by atoms with van der Waals surface area (Å²) in [6, 6.07) is 6.29. The summed E-state index contributed by atoms with van der Waals surface area (Å²) in [4.78, 5) is 0. The van der Waals surface area contributed by atoms with Crippen LogP contribution in [-0.2, 0) is 6.54 Å². The van der Waals surface area contributed by atoms with Crippen LogP contribution in [0.25, 0.3) is 0 Å². The molecule has 1 nitrogen and oxygen atoms in total. The number of hydrogen-bond donors (Lipinski definition) is 1. The van der Waals surface area contributed by atoms with Crippen molar-refractivity contribution in [1.82, 2.24) is 5.32 Å². The molecule has 2 rings (SSSR count). The molecule has 0 radical (unpaired) electrons. The number of alkyl halides is 3. The van der Waals surface area contributed by atoms with Gasteiger partial charge in [0.1, 0.15) is 6.04 Å². The van der Waals surface area contributed by atoms with E-state index in [0.29, 0.717) is 0 Å². The Kier molecular flexibility index (Phi) is 4.27. The van der Waals surface area contributed by atoms with Crippen LogP contribution in [0.4, 0.5) is 13.2 Å². The highest BCUT2D eigenvalue weighted by Gasteiger charge is 2.40. The van der Waals surface area contributed by atoms with Crippen LogP contribution in [0.2, 0.25) is 0 Å². The Hall–Kier alpha value is -1.33. The molecule has 0 saturated carbocycles. The maximum Gasteiger partial charge on any atom is 0.407 e. The lowest BCUT2D eigenvalue weighted by atomic mass is 10.1. The number of thiophene rings is 1. The first kappa shape index (κ1) is 14.1. The van der Waals surface area contributed by atoms with Gasteiger partial charge < -0.3 is 0 Å². The van der Waals surface area contributed by atoms with Gasteiger partial charge >= 0.3 is 6.18 Å². The van der Waals surface area contributed by atoms with Crippen LogP contribution in [0.15, 0.2) is 41.1 Å². The molecule has 1 aromatic carbocycles. The van der Waals surface area contributed by atoms with Crippen molar-refractivity contribution in [2.75, 3.05) is 0 Å². The summed E-state index contributed by atoms with van der Waals surface area (Å²) in [7, 11) is 0. The minimum Gasteiger partial charge on any atom is -0.298 e. The van der Waals surface area contributed by atoms with Crippen molar-refractivity contribution in [3.05, 3.63) is 57.8 Å². The summed E-state index contributed by atoms with van der Waals surface area (Å²) in [6.45, 7) is 2.12. The summed E-state index contributed by atoms with van der Waals surface area (Å²) >= 11 is 1.50. The SMILES string of the molecule is Cc1cscc1CNC(c1ccccc1)C(F)(F)F. The minimum atomic E-state index is -4.30. The molecular formula is C14H14F3NS. The monoisotopic (exact) mass is 285 g/mol. The summed E-state index contributed by atoms with van der Waals surface area (Å²) in [5, 5.41) is 6.41. The standard InChI is InChI=1S/C14H14F3NS/c1-10-8-19-9-12(10)7-18-13(14(15,16)17)11-5-3-2-4-6-11/h2-6,8-9,13,18H,7H2,1H3. The molecule has 1 aromatic heterocycles. The lowest BCUT2D eigenvalue weighted by Gasteiger charge is -2.22. The molecule has 1 unspecified atom stereocenters. The zero-order chi connectivity index (χ0) is 13.9. The Morgan fingerprint density at radius 3 is 2.37 bits per heavy atom. The smallest absolute Gasteiger partial charge is 0.298 e. The Balaban J connectivity index is 2.14. The van der Waals surface area contributed by atoms with Crippen LogP contribution in [0.1, 0.15) is 22.7 Å². The summed E-state index contributed by atoms with van der Waals surface area (Å²) < 4.78 is 39.2. The van der Waals surface area contributed by atoms with E-state index < -0.39 is 12.2 Å². The molecule has 1 N–H and O–H groups in total. The van der Waals surface area contributed by atoms with E-state index in [2.05, 4.69) is 5.32 Å². The summed E-state index contributed by atoms with van der Waals surface area (Å²) in [6.07, 6.45) is -4.30. The first-order valence-electron chi connectivity index (χ1n) is 5.85. The van der Waals surface area contributed by atoms with E-state index in [9.17, 15) is 13.2 Å². The first-order valence-corrected chi connectivity index (χ1v) is 6.79. The third-order valence-corrected chi connectivity index (χ3v) is 3.83. The lowest BCUT2D eigenvalue weighted by Crippen LogP contribution is -2.33. The largest absolute Gasteiger partial charge is 0.407 e. The average Bonchev–Trinajstić information content (AvgIpc) is 2.75. The number of nitrogens with one attached hydrogen (secondary N) is 1. The fourth-order valence-corrected chi connectivity index (χ4v) is 2.71. The van der Waals surface area contributed by atoms with Gasteiger partial charge in [-0.2, -0.15) is 24.5 Å². The van der Waals surface area contributed by atoms with Crippen molar-refractivity contribution >= 4 is 11.3 Å². The molecule has 2 aromatic rings. The third kappa shape index (κ3) is 3.58. The highest BCUT2D eigenvalue weighted by molar-refractivity contribution is 7.08. The van der Waals surface area contributed by atoms with Crippen molar-refractivity contribution in [2.45, 2.75) is 25.7 Å². The fourth-order valence-electron chi connectivity index (χ4n) is 1.85. The second-order valence-corrected chi connectivity index (χ2v) is 5.09. The maximum atomic E-state index is 13.1. The van der Waals surface area contributed by atoms with Gasteiger partial charge in [-0.15, -0.1) is 0 Å². The molecule has 0 saturated heterocycles. The zero-order valence-electron chi connectivity index (χ0n) is 10.4. The van der Waals surface area contributed by atoms with E-state index in [1.807, 2.05) is 17.7 Å². The number of rotatable bonds is 4. The average molecular weight is 285 g/mol. The van der Waals surface area contributed by atoms with E-state index in [4.69, 9.17) is 0 Å². The molecule has 102 valence electrons. The lowest BCUT2D eigenvalue weighted by molar-refractivity contribution is -0.158. The number of benzene rings is 1. The normalized spacial score (nSPS) is 13.5. The topological polar surface area (TPSA) is 12.0 Å². The van der Waals surface area contributed by atoms with Crippen LogP contribution >= 0.6 is 11.3 Å². The van der Waals surface area contributed by atoms with Crippen LogP contribution < -0.4 is 5.32 Å². The fraction of sp³-hybridized carbons (Fsp3) is 0.286. The molecule has 0 aliphatic rings. The van der Waals surface area contributed by atoms with Gasteiger partial charge in [0.05, 0.1) is 0 Å². The molecule has 0 spiro atoms. The highest BCUT2D eigenvalue weighted by atomic mass is 32.1. The van der Waals surface area contributed by atoms with Gasteiger partial charge in [-0.1, -0.05) is 30.3 Å². The van der Waals surface area contributed by atoms with E-state index in [1.165, 1.54) is 23.5 Å². The Morgan fingerprint density at radius 1 is 1.16 bits per heavy atom. The molecule has 1 heterocycles. The maximum absolute atomic E-state index is 13.1. The van der Waals surface area contributed by atoms with Gasteiger partial charge in [0.2, 0.25) is 0 Å². The second-order valence-electron chi connectivity index (χ2n) is 4.35. The zero-order valence-corrected chi connectivity index (χ0v) is 11.2. The minimum absolute atomic E-state index is 0.217. The van der Waals surface area contributed by atoms with Crippen molar-refractivity contribution in [2.24, 2.45) is 0 Å². The van der Waals surface area contributed by atoms with Gasteiger partial charge in [0.25, 0.3) is 0 Å². The predicted octanol–water partition coefficient (Wildman–Crippen LogP) is 4.45. The van der Waals surface area contributed by atoms with E-state index in [0.717, 1.165) is 11.1 Å². The first-order chi connectivity index (χ1) is 8.98. The molecule has 0 aliphatic heterocycles. The number of hydrogen-bond acceptors (Lipinski definition) is 2. The molecule has 19 heavy (non-hydrogen) atoms. The summed E-state index contributed by atoms with van der Waals surface area (Å²) in [5.41, 5.74) is 2.17. The predicted molar refractivity (Wildman–Crippen MR) is 71.1 cm³/mol. The Bertz CT molecular complexity index is 519. The van der Waals surface area contributed by atoms with E-state index in [-0.39, 0.29) is 12.1 Å². The van der Waals surface area contributed by atoms with Crippen LogP contribution in [0.5, 0.6) is 0 Å². The van der Waals surface area contributed by atoms with Gasteiger partial charge in [0, 0.05) is 6.54 Å². The number of halogens is 3. The molecule has 0 aliphatic carbocycles. The summed E-state index contributed by atoms with van der Waals surface area (Å²) in [5.74, 6) is 0. The molecule has 1 atom stereocenters. The van der Waals surface area contributed by atoms with Gasteiger partial charge in [-0.05, 0) is 34.4 Å². The highest BCUT2D eigenvalue weighted by Crippen LogP contribution is 2.33. The third-order valence-electron chi connectivity index (χ3n) is 2.92. The van der Waals surface area contributed by atoms with Gasteiger partial charge in [-0.25, -0.2) is 0 Å². The van der Waals surface area contributed by atoms with E-state index in [1.54, 1.807) is 18.2 Å². The van der Waals surface area contributed by atoms with E-state index >= 15 is 0 Å². The van der Waals surface area contributed by atoms with Gasteiger partial charge in [-0.3, -0.25) is 5.32 Å². The quantitative estimate of drug-likeness (QED) is 0.875. The van der Waals surface area contributed by atoms with Crippen molar-refractivity contribution in [3.63, 3.8) is 0 Å². The molecule has 0 bridgehead atoms. The van der Waals surface area contributed by atoms with Crippen molar-refractivity contribution in [3.8, 4) is 0 Å². The second kappa shape index (κ2) is 5.75. The Labute approximate surface area is 114 Å². The van der Waals surface area contributed by atoms with Crippen LogP contribution in [-0.4, -0.2) is 6.18 Å². The van der Waals surface area contributed by atoms with Crippen LogP contribution in [0.3, 0.4) is 0 Å². The van der Waals surface area contributed by atoms with Crippen molar-refractivity contribution < 1.29 is 13.2 Å². The molecule has 0 amide bonds. The van der Waals surface area contributed by atoms with Crippen molar-refractivity contribution in [1.29, 1.82) is 0 Å². The molecule has 0 fully saturated rings. The molecule has 5 heteroatoms. The molecular weight excluding hydrogens is 271 g/mol. The Morgan fingerprint density at radius 2 is 1.84 bits per heavy atom. The number of aryl methyl sites for hydroxylation is 1. The van der Waals surface area contributed by atoms with Crippen LogP contribution in [0, 0.1) is 6.92 Å².